The van der Waals surface area contributed by atoms with Crippen LogP contribution in [0, 0.1) is 5.92 Å². The number of aliphatic hydroxyl groups is 1. The van der Waals surface area contributed by atoms with Gasteiger partial charge in [0, 0.05) is 12.6 Å². The van der Waals surface area contributed by atoms with E-state index in [1.807, 2.05) is 6.92 Å². The summed E-state index contributed by atoms with van der Waals surface area (Å²) >= 11 is 0. The highest BCUT2D eigenvalue weighted by atomic mass is 16.3. The van der Waals surface area contributed by atoms with Gasteiger partial charge in [0.25, 0.3) is 0 Å². The molecule has 0 saturated heterocycles. The summed E-state index contributed by atoms with van der Waals surface area (Å²) in [4.78, 5) is 0. The molecule has 2 N–H and O–H groups in total. The lowest BCUT2D eigenvalue weighted by atomic mass is 9.83. The topological polar surface area (TPSA) is 32.3 Å². The maximum absolute atomic E-state index is 9.16. The lowest BCUT2D eigenvalue weighted by Crippen LogP contribution is -2.37. The fourth-order valence-corrected chi connectivity index (χ4v) is 2.40. The fourth-order valence-electron chi connectivity index (χ4n) is 2.40. The molecular formula is C12H25NO. The van der Waals surface area contributed by atoms with Crippen LogP contribution in [0.4, 0.5) is 0 Å². The molecule has 1 atom stereocenters. The smallest absolute Gasteiger partial charge is 0.0636 e. The molecule has 0 radical (unpaired) electrons. The number of hydrogen-bond acceptors (Lipinski definition) is 2. The van der Waals surface area contributed by atoms with Crippen molar-refractivity contribution in [2.45, 2.75) is 64.5 Å². The Hall–Kier alpha value is -0.0800. The molecule has 2 heteroatoms. The van der Waals surface area contributed by atoms with E-state index in [0.717, 1.165) is 12.5 Å². The van der Waals surface area contributed by atoms with E-state index < -0.39 is 0 Å². The lowest BCUT2D eigenvalue weighted by Gasteiger charge is -2.29. The van der Waals surface area contributed by atoms with Crippen LogP contribution in [0.3, 0.4) is 0 Å². The number of aliphatic hydroxyl groups excluding tert-OH is 1. The standard InChI is InChI=1S/C12H25NO/c1-3-4-11-5-7-12(8-6-11)13-9-10(2)14/h10-14H,3-9H2,1-2H3. The summed E-state index contributed by atoms with van der Waals surface area (Å²) in [5, 5.41) is 12.6. The molecule has 1 aliphatic carbocycles. The first-order chi connectivity index (χ1) is 6.72. The first-order valence-electron chi connectivity index (χ1n) is 6.13. The third-order valence-electron chi connectivity index (χ3n) is 3.25. The maximum Gasteiger partial charge on any atom is 0.0636 e. The zero-order valence-corrected chi connectivity index (χ0v) is 9.63. The average Bonchev–Trinajstić information content (AvgIpc) is 2.17. The molecule has 1 aliphatic rings. The fraction of sp³-hybridized carbons (Fsp3) is 1.00. The van der Waals surface area contributed by atoms with Gasteiger partial charge in [0.2, 0.25) is 0 Å². The minimum absolute atomic E-state index is 0.205. The van der Waals surface area contributed by atoms with E-state index in [4.69, 9.17) is 5.11 Å². The van der Waals surface area contributed by atoms with E-state index in [1.54, 1.807) is 0 Å². The van der Waals surface area contributed by atoms with Crippen LogP contribution in [-0.2, 0) is 0 Å². The average molecular weight is 199 g/mol. The molecule has 0 aromatic rings. The van der Waals surface area contributed by atoms with Crippen molar-refractivity contribution in [2.24, 2.45) is 5.92 Å². The van der Waals surface area contributed by atoms with Crippen molar-refractivity contribution >= 4 is 0 Å². The summed E-state index contributed by atoms with van der Waals surface area (Å²) in [5.41, 5.74) is 0. The van der Waals surface area contributed by atoms with Crippen LogP contribution in [0.1, 0.15) is 52.4 Å². The molecule has 0 aromatic heterocycles. The number of hydrogen-bond donors (Lipinski definition) is 2. The maximum atomic E-state index is 9.16. The Bertz CT molecular complexity index is 139. The molecule has 0 spiro atoms. The van der Waals surface area contributed by atoms with Gasteiger partial charge in [0.15, 0.2) is 0 Å². The second kappa shape index (κ2) is 6.41. The summed E-state index contributed by atoms with van der Waals surface area (Å²) in [6.07, 6.45) is 7.90. The molecule has 1 fully saturated rings. The summed E-state index contributed by atoms with van der Waals surface area (Å²) in [5.74, 6) is 0.976. The number of nitrogens with one attached hydrogen (secondary N) is 1. The Morgan fingerprint density at radius 3 is 2.43 bits per heavy atom. The number of rotatable bonds is 5. The molecule has 1 unspecified atom stereocenters. The van der Waals surface area contributed by atoms with Gasteiger partial charge in [-0.15, -0.1) is 0 Å². The van der Waals surface area contributed by atoms with Gasteiger partial charge in [-0.25, -0.2) is 0 Å². The van der Waals surface area contributed by atoms with Crippen molar-refractivity contribution in [3.05, 3.63) is 0 Å². The Morgan fingerprint density at radius 2 is 1.93 bits per heavy atom. The van der Waals surface area contributed by atoms with E-state index in [9.17, 15) is 0 Å². The molecule has 0 aliphatic heterocycles. The lowest BCUT2D eigenvalue weighted by molar-refractivity contribution is 0.176. The molecule has 1 saturated carbocycles. The van der Waals surface area contributed by atoms with Crippen LogP contribution in [0.5, 0.6) is 0 Å². The molecular weight excluding hydrogens is 174 g/mol. The summed E-state index contributed by atoms with van der Waals surface area (Å²) in [6, 6.07) is 0.665. The Labute approximate surface area is 88.1 Å². The minimum atomic E-state index is -0.205. The first-order valence-corrected chi connectivity index (χ1v) is 6.13. The van der Waals surface area contributed by atoms with Crippen molar-refractivity contribution in [1.82, 2.24) is 5.32 Å². The van der Waals surface area contributed by atoms with Crippen molar-refractivity contribution in [1.29, 1.82) is 0 Å². The zero-order valence-electron chi connectivity index (χ0n) is 9.63. The quantitative estimate of drug-likeness (QED) is 0.712. The van der Waals surface area contributed by atoms with Crippen LogP contribution in [0.15, 0.2) is 0 Å². The van der Waals surface area contributed by atoms with Crippen molar-refractivity contribution in [2.75, 3.05) is 6.54 Å². The Balaban J connectivity index is 2.09. The van der Waals surface area contributed by atoms with Crippen LogP contribution < -0.4 is 5.32 Å². The third-order valence-corrected chi connectivity index (χ3v) is 3.25. The second-order valence-electron chi connectivity index (χ2n) is 4.76. The van der Waals surface area contributed by atoms with Gasteiger partial charge in [-0.2, -0.15) is 0 Å². The van der Waals surface area contributed by atoms with Gasteiger partial charge in [0.05, 0.1) is 6.10 Å². The molecule has 0 bridgehead atoms. The normalized spacial score (nSPS) is 30.2. The molecule has 2 nitrogen and oxygen atoms in total. The van der Waals surface area contributed by atoms with Gasteiger partial charge in [-0.1, -0.05) is 19.8 Å². The predicted octanol–water partition coefficient (Wildman–Crippen LogP) is 2.32. The minimum Gasteiger partial charge on any atom is -0.392 e. The van der Waals surface area contributed by atoms with Crippen LogP contribution in [0.25, 0.3) is 0 Å². The predicted molar refractivity (Wildman–Crippen MR) is 60.3 cm³/mol. The summed E-state index contributed by atoms with van der Waals surface area (Å²) in [7, 11) is 0. The summed E-state index contributed by atoms with van der Waals surface area (Å²) < 4.78 is 0. The highest BCUT2D eigenvalue weighted by molar-refractivity contribution is 4.77. The SMILES string of the molecule is CCCC1CCC(NCC(C)O)CC1. The zero-order chi connectivity index (χ0) is 10.4. The van der Waals surface area contributed by atoms with E-state index in [0.29, 0.717) is 6.04 Å². The van der Waals surface area contributed by atoms with E-state index in [-0.39, 0.29) is 6.10 Å². The van der Waals surface area contributed by atoms with Gasteiger partial charge >= 0.3 is 0 Å². The van der Waals surface area contributed by atoms with Crippen LogP contribution >= 0.6 is 0 Å². The Morgan fingerprint density at radius 1 is 1.29 bits per heavy atom. The van der Waals surface area contributed by atoms with Crippen LogP contribution in [0.2, 0.25) is 0 Å². The highest BCUT2D eigenvalue weighted by Crippen LogP contribution is 2.27. The largest absolute Gasteiger partial charge is 0.392 e. The van der Waals surface area contributed by atoms with Gasteiger partial charge < -0.3 is 10.4 Å². The van der Waals surface area contributed by atoms with E-state index in [2.05, 4.69) is 12.2 Å². The molecule has 84 valence electrons. The van der Waals surface area contributed by atoms with E-state index >= 15 is 0 Å². The molecule has 1 rings (SSSR count). The van der Waals surface area contributed by atoms with Gasteiger partial charge in [-0.05, 0) is 38.5 Å². The van der Waals surface area contributed by atoms with Crippen molar-refractivity contribution in [3.63, 3.8) is 0 Å². The molecule has 0 heterocycles. The van der Waals surface area contributed by atoms with Crippen molar-refractivity contribution in [3.8, 4) is 0 Å². The summed E-state index contributed by atoms with van der Waals surface area (Å²) in [6.45, 7) is 4.87. The monoisotopic (exact) mass is 199 g/mol. The first kappa shape index (κ1) is 12.0. The molecule has 0 aromatic carbocycles. The van der Waals surface area contributed by atoms with Crippen LogP contribution in [-0.4, -0.2) is 23.8 Å². The second-order valence-corrected chi connectivity index (χ2v) is 4.76. The van der Waals surface area contributed by atoms with Gasteiger partial charge in [0.1, 0.15) is 0 Å². The van der Waals surface area contributed by atoms with Gasteiger partial charge in [-0.3, -0.25) is 0 Å². The van der Waals surface area contributed by atoms with Crippen molar-refractivity contribution < 1.29 is 5.11 Å². The van der Waals surface area contributed by atoms with E-state index in [1.165, 1.54) is 38.5 Å². The molecule has 0 amide bonds. The Kier molecular flexibility index (Phi) is 5.49. The highest BCUT2D eigenvalue weighted by Gasteiger charge is 2.19. The third kappa shape index (κ3) is 4.43. The molecule has 14 heavy (non-hydrogen) atoms.